The Hall–Kier alpha value is -3.34. The van der Waals surface area contributed by atoms with Gasteiger partial charge in [-0.15, -0.1) is 0 Å². The Morgan fingerprint density at radius 2 is 1.86 bits per heavy atom. The van der Waals surface area contributed by atoms with Gasteiger partial charge >= 0.3 is 5.97 Å². The molecule has 1 aliphatic heterocycles. The molecule has 144 valence electrons. The number of ketones is 1. The number of esters is 1. The van der Waals surface area contributed by atoms with Crippen LogP contribution in [0.3, 0.4) is 0 Å². The quantitative estimate of drug-likeness (QED) is 0.434. The molecule has 0 saturated carbocycles. The number of para-hydroxylation sites is 1. The summed E-state index contributed by atoms with van der Waals surface area (Å²) in [4.78, 5) is 24.5. The molecule has 0 radical (unpaired) electrons. The van der Waals surface area contributed by atoms with Gasteiger partial charge in [0.15, 0.2) is 5.76 Å². The second-order valence-electron chi connectivity index (χ2n) is 7.36. The summed E-state index contributed by atoms with van der Waals surface area (Å²) in [6, 6.07) is 12.3. The van der Waals surface area contributed by atoms with E-state index >= 15 is 0 Å². The number of hydrogen-bond acceptors (Lipinski definition) is 5. The van der Waals surface area contributed by atoms with Gasteiger partial charge in [0.05, 0.1) is 18.1 Å². The molecular formula is C23H22O5. The predicted octanol–water partition coefficient (Wildman–Crippen LogP) is 4.82. The van der Waals surface area contributed by atoms with E-state index in [0.717, 1.165) is 11.3 Å². The van der Waals surface area contributed by atoms with E-state index in [4.69, 9.17) is 14.2 Å². The molecule has 0 atom stereocenters. The number of hydrogen-bond donors (Lipinski definition) is 0. The van der Waals surface area contributed by atoms with Crippen LogP contribution in [-0.4, -0.2) is 18.9 Å². The number of fused-ring (bicyclic) bond motifs is 1. The first-order valence-electron chi connectivity index (χ1n) is 8.90. The number of carbonyl (C=O) groups excluding carboxylic acids is 2. The van der Waals surface area contributed by atoms with E-state index in [1.165, 1.54) is 0 Å². The molecule has 0 aliphatic carbocycles. The van der Waals surface area contributed by atoms with Crippen molar-refractivity contribution < 1.29 is 23.8 Å². The number of benzene rings is 2. The third-order valence-electron chi connectivity index (χ3n) is 4.13. The highest BCUT2D eigenvalue weighted by Gasteiger charge is 2.29. The van der Waals surface area contributed by atoms with Gasteiger partial charge in [-0.05, 0) is 45.0 Å². The number of methoxy groups -OCH3 is 1. The third kappa shape index (κ3) is 4.14. The molecule has 5 nitrogen and oxygen atoms in total. The lowest BCUT2D eigenvalue weighted by molar-refractivity contribution is -0.143. The number of rotatable bonds is 4. The van der Waals surface area contributed by atoms with E-state index in [-0.39, 0.29) is 17.5 Å². The molecule has 3 rings (SSSR count). The van der Waals surface area contributed by atoms with E-state index in [0.29, 0.717) is 17.1 Å². The Kier molecular flexibility index (Phi) is 5.36. The van der Waals surface area contributed by atoms with Gasteiger partial charge in [0.25, 0.3) is 0 Å². The minimum absolute atomic E-state index is 0.209. The lowest BCUT2D eigenvalue weighted by atomic mass is 9.97. The second kappa shape index (κ2) is 7.72. The molecule has 0 unspecified atom stereocenters. The average Bonchev–Trinajstić information content (AvgIpc) is 2.96. The van der Waals surface area contributed by atoms with Gasteiger partial charge in [0.2, 0.25) is 5.78 Å². The normalized spacial score (nSPS) is 14.9. The van der Waals surface area contributed by atoms with Gasteiger partial charge in [-0.2, -0.15) is 0 Å². The van der Waals surface area contributed by atoms with E-state index < -0.39 is 5.41 Å². The van der Waals surface area contributed by atoms with E-state index in [2.05, 4.69) is 0 Å². The number of allylic oxidation sites excluding steroid dienone is 3. The predicted molar refractivity (Wildman–Crippen MR) is 107 cm³/mol. The smallest absolute Gasteiger partial charge is 0.316 e. The van der Waals surface area contributed by atoms with Crippen molar-refractivity contribution in [1.82, 2.24) is 0 Å². The summed E-state index contributed by atoms with van der Waals surface area (Å²) in [6.45, 7) is 5.33. The minimum Gasteiger partial charge on any atom is -0.496 e. The van der Waals surface area contributed by atoms with Crippen molar-refractivity contribution in [1.29, 1.82) is 0 Å². The van der Waals surface area contributed by atoms with Crippen molar-refractivity contribution in [3.05, 3.63) is 71.5 Å². The molecule has 0 spiro atoms. The summed E-state index contributed by atoms with van der Waals surface area (Å²) in [6.07, 6.45) is 5.18. The maximum atomic E-state index is 12.5. The molecule has 0 bridgehead atoms. The molecule has 0 fully saturated rings. The van der Waals surface area contributed by atoms with E-state index in [1.54, 1.807) is 58.2 Å². The first-order valence-corrected chi connectivity index (χ1v) is 8.90. The molecule has 0 amide bonds. The second-order valence-corrected chi connectivity index (χ2v) is 7.36. The van der Waals surface area contributed by atoms with Crippen LogP contribution in [0, 0.1) is 5.41 Å². The lowest BCUT2D eigenvalue weighted by Gasteiger charge is -2.16. The van der Waals surface area contributed by atoms with Crippen LogP contribution in [0.5, 0.6) is 17.2 Å². The summed E-state index contributed by atoms with van der Waals surface area (Å²) in [5.41, 5.74) is 0.707. The fraction of sp³-hybridized carbons (Fsp3) is 0.217. The fourth-order valence-corrected chi connectivity index (χ4v) is 2.55. The molecule has 0 aromatic heterocycles. The third-order valence-corrected chi connectivity index (χ3v) is 4.13. The molecule has 2 aromatic rings. The molecule has 28 heavy (non-hydrogen) atoms. The van der Waals surface area contributed by atoms with Crippen LogP contribution in [0.1, 0.15) is 36.7 Å². The molecule has 1 heterocycles. The first kappa shape index (κ1) is 19.4. The summed E-state index contributed by atoms with van der Waals surface area (Å²) >= 11 is 0. The highest BCUT2D eigenvalue weighted by atomic mass is 16.5. The van der Waals surface area contributed by atoms with Crippen molar-refractivity contribution in [3.63, 3.8) is 0 Å². The molecule has 2 aromatic carbocycles. The van der Waals surface area contributed by atoms with Crippen LogP contribution >= 0.6 is 0 Å². The summed E-state index contributed by atoms with van der Waals surface area (Å²) in [7, 11) is 1.61. The van der Waals surface area contributed by atoms with Gasteiger partial charge in [0.1, 0.15) is 17.2 Å². The number of carbonyl (C=O) groups is 2. The zero-order chi connectivity index (χ0) is 20.3. The van der Waals surface area contributed by atoms with E-state index in [9.17, 15) is 9.59 Å². The van der Waals surface area contributed by atoms with Gasteiger partial charge in [-0.1, -0.05) is 30.4 Å². The lowest BCUT2D eigenvalue weighted by Crippen LogP contribution is -2.25. The molecule has 0 saturated heterocycles. The maximum absolute atomic E-state index is 12.5. The minimum atomic E-state index is -0.621. The van der Waals surface area contributed by atoms with Crippen LogP contribution in [0.25, 0.3) is 6.08 Å². The van der Waals surface area contributed by atoms with E-state index in [1.807, 2.05) is 30.3 Å². The van der Waals surface area contributed by atoms with Crippen LogP contribution in [-0.2, 0) is 4.79 Å². The Bertz CT molecular complexity index is 977. The largest absolute Gasteiger partial charge is 0.496 e. The molecule has 1 aliphatic rings. The van der Waals surface area contributed by atoms with Crippen LogP contribution in [0.2, 0.25) is 0 Å². The standard InChI is InChI=1S/C23H22O5/c1-23(2,3)22(25)27-16-12-13-17-20(14-16)28-19(21(17)24)11-7-9-15-8-5-6-10-18(15)26-4/h5-14H,1-4H3. The summed E-state index contributed by atoms with van der Waals surface area (Å²) < 4.78 is 16.3. The van der Waals surface area contributed by atoms with Gasteiger partial charge < -0.3 is 14.2 Å². The number of Topliss-reactive ketones (excluding diaryl/α,β-unsaturated/α-hetero) is 1. The fourth-order valence-electron chi connectivity index (χ4n) is 2.55. The Morgan fingerprint density at radius 3 is 2.57 bits per heavy atom. The molecule has 5 heteroatoms. The van der Waals surface area contributed by atoms with Gasteiger partial charge in [0, 0.05) is 11.6 Å². The van der Waals surface area contributed by atoms with Crippen molar-refractivity contribution in [3.8, 4) is 17.2 Å². The average molecular weight is 378 g/mol. The van der Waals surface area contributed by atoms with Crippen LogP contribution in [0.15, 0.2) is 60.4 Å². The monoisotopic (exact) mass is 378 g/mol. The highest BCUT2D eigenvalue weighted by molar-refractivity contribution is 6.12. The van der Waals surface area contributed by atoms with Crippen molar-refractivity contribution >= 4 is 17.8 Å². The molecular weight excluding hydrogens is 356 g/mol. The SMILES string of the molecule is COc1ccccc1C=CC=C1Oc2cc(OC(=O)C(C)(C)C)ccc2C1=O. The maximum Gasteiger partial charge on any atom is 0.316 e. The molecule has 0 N–H and O–H groups in total. The van der Waals surface area contributed by atoms with Crippen LogP contribution < -0.4 is 14.2 Å². The van der Waals surface area contributed by atoms with Crippen molar-refractivity contribution in [2.75, 3.05) is 7.11 Å². The summed E-state index contributed by atoms with van der Waals surface area (Å²) in [5.74, 6) is 1.10. The number of ether oxygens (including phenoxy) is 3. The highest BCUT2D eigenvalue weighted by Crippen LogP contribution is 2.35. The Labute approximate surface area is 164 Å². The zero-order valence-electron chi connectivity index (χ0n) is 16.3. The van der Waals surface area contributed by atoms with Crippen LogP contribution in [0.4, 0.5) is 0 Å². The first-order chi connectivity index (χ1) is 13.3. The zero-order valence-corrected chi connectivity index (χ0v) is 16.3. The van der Waals surface area contributed by atoms with Gasteiger partial charge in [-0.3, -0.25) is 9.59 Å². The van der Waals surface area contributed by atoms with Crippen molar-refractivity contribution in [2.24, 2.45) is 5.41 Å². The summed E-state index contributed by atoms with van der Waals surface area (Å²) in [5, 5.41) is 0. The Morgan fingerprint density at radius 1 is 1.11 bits per heavy atom. The topological polar surface area (TPSA) is 61.8 Å². The Balaban J connectivity index is 1.77. The van der Waals surface area contributed by atoms with Crippen molar-refractivity contribution in [2.45, 2.75) is 20.8 Å². The van der Waals surface area contributed by atoms with Gasteiger partial charge in [-0.25, -0.2) is 0 Å².